The minimum Gasteiger partial charge on any atom is -0.332 e. The van der Waals surface area contributed by atoms with Gasteiger partial charge in [0.25, 0.3) is 5.56 Å². The third-order valence-corrected chi connectivity index (χ3v) is 8.08. The summed E-state index contributed by atoms with van der Waals surface area (Å²) in [4.78, 5) is 39.3. The van der Waals surface area contributed by atoms with Crippen LogP contribution in [0.5, 0.6) is 0 Å². The molecule has 6 nitrogen and oxygen atoms in total. The normalized spacial score (nSPS) is 22.6. The van der Waals surface area contributed by atoms with E-state index < -0.39 is 0 Å². The molecular weight excluding hydrogens is 408 g/mol. The molecule has 0 bridgehead atoms. The van der Waals surface area contributed by atoms with Crippen LogP contribution in [0.15, 0.2) is 22.3 Å². The lowest BCUT2D eigenvalue weighted by Gasteiger charge is -2.33. The molecule has 166 valence electrons. The zero-order valence-electron chi connectivity index (χ0n) is 18.1. The molecule has 0 radical (unpaired) electrons. The van der Waals surface area contributed by atoms with Crippen molar-refractivity contribution < 1.29 is 4.79 Å². The number of H-pyrrole nitrogens is 1. The molecule has 1 atom stereocenters. The molecule has 2 fully saturated rings. The highest BCUT2D eigenvalue weighted by Gasteiger charge is 2.33. The molecule has 3 aliphatic rings. The molecule has 0 aromatic carbocycles. The minimum atomic E-state index is -0.106. The number of hydrogen-bond donors (Lipinski definition) is 1. The monoisotopic (exact) mass is 440 g/mol. The van der Waals surface area contributed by atoms with Crippen molar-refractivity contribution >= 4 is 17.2 Å². The van der Waals surface area contributed by atoms with Crippen molar-refractivity contribution in [1.82, 2.24) is 19.8 Å². The second kappa shape index (κ2) is 9.25. The van der Waals surface area contributed by atoms with Gasteiger partial charge < -0.3 is 9.88 Å². The third-order valence-electron chi connectivity index (χ3n) is 7.20. The number of amides is 1. The molecule has 1 amide bonds. The van der Waals surface area contributed by atoms with Gasteiger partial charge in [0.1, 0.15) is 5.82 Å². The molecule has 1 saturated heterocycles. The van der Waals surface area contributed by atoms with Gasteiger partial charge in [-0.1, -0.05) is 25.3 Å². The summed E-state index contributed by atoms with van der Waals surface area (Å²) in [5, 5.41) is 2.00. The highest BCUT2D eigenvalue weighted by Crippen LogP contribution is 2.31. The molecule has 2 aliphatic heterocycles. The van der Waals surface area contributed by atoms with E-state index in [9.17, 15) is 9.59 Å². The molecule has 1 unspecified atom stereocenters. The number of fused-ring (bicyclic) bond motifs is 1. The van der Waals surface area contributed by atoms with E-state index in [0.29, 0.717) is 18.8 Å². The number of rotatable bonds is 5. The van der Waals surface area contributed by atoms with Crippen molar-refractivity contribution in [3.8, 4) is 0 Å². The number of hydrogen-bond acceptors (Lipinski definition) is 5. The van der Waals surface area contributed by atoms with E-state index in [0.717, 1.165) is 60.9 Å². The van der Waals surface area contributed by atoms with Crippen molar-refractivity contribution in [1.29, 1.82) is 0 Å². The summed E-state index contributed by atoms with van der Waals surface area (Å²) in [6.45, 7) is 3.53. The van der Waals surface area contributed by atoms with E-state index >= 15 is 0 Å². The van der Waals surface area contributed by atoms with Crippen LogP contribution in [0.2, 0.25) is 0 Å². The van der Waals surface area contributed by atoms with Crippen molar-refractivity contribution in [2.24, 2.45) is 5.92 Å². The van der Waals surface area contributed by atoms with Gasteiger partial charge in [-0.2, -0.15) is 0 Å². The average molecular weight is 441 g/mol. The van der Waals surface area contributed by atoms with Crippen LogP contribution in [-0.4, -0.2) is 45.3 Å². The number of carbonyl (C=O) groups is 1. The van der Waals surface area contributed by atoms with E-state index in [1.54, 1.807) is 11.3 Å². The number of aromatic amines is 1. The number of likely N-dealkylation sites (tertiary alicyclic amines) is 1. The van der Waals surface area contributed by atoms with E-state index in [-0.39, 0.29) is 17.5 Å². The Morgan fingerprint density at radius 2 is 2.03 bits per heavy atom. The predicted molar refractivity (Wildman–Crippen MR) is 122 cm³/mol. The Labute approximate surface area is 187 Å². The van der Waals surface area contributed by atoms with Gasteiger partial charge in [0.2, 0.25) is 5.91 Å². The molecule has 2 aromatic heterocycles. The Bertz CT molecular complexity index is 964. The van der Waals surface area contributed by atoms with Gasteiger partial charge in [-0.05, 0) is 43.0 Å². The second-order valence-corrected chi connectivity index (χ2v) is 10.4. The number of aromatic nitrogens is 2. The van der Waals surface area contributed by atoms with Gasteiger partial charge in [-0.15, -0.1) is 11.3 Å². The van der Waals surface area contributed by atoms with Gasteiger partial charge in [-0.3, -0.25) is 14.5 Å². The Balaban J connectivity index is 1.29. The standard InChI is InChI=1S/C24H32N4O2S/c29-22(14-18-8-5-13-31-18)28-11-4-9-21(28)23-25-20-10-12-27(16-19(20)24(30)26-23)15-17-6-2-1-3-7-17/h5,8,13,17,21H,1-4,6-7,9-12,14-16H2,(H,25,26,30). The number of nitrogens with one attached hydrogen (secondary N) is 1. The first-order valence-corrected chi connectivity index (χ1v) is 12.7. The Hall–Kier alpha value is -1.99. The summed E-state index contributed by atoms with van der Waals surface area (Å²) in [6.07, 6.45) is 9.81. The first kappa shape index (κ1) is 20.9. The lowest BCUT2D eigenvalue weighted by Crippen LogP contribution is -2.40. The predicted octanol–water partition coefficient (Wildman–Crippen LogP) is 3.68. The van der Waals surface area contributed by atoms with Crippen LogP contribution < -0.4 is 5.56 Å². The molecule has 1 aliphatic carbocycles. The molecule has 7 heteroatoms. The van der Waals surface area contributed by atoms with Crippen LogP contribution in [-0.2, 0) is 24.2 Å². The third kappa shape index (κ3) is 4.62. The van der Waals surface area contributed by atoms with E-state index in [2.05, 4.69) is 9.88 Å². The maximum absolute atomic E-state index is 13.0. The van der Waals surface area contributed by atoms with E-state index in [1.165, 1.54) is 32.1 Å². The molecule has 31 heavy (non-hydrogen) atoms. The largest absolute Gasteiger partial charge is 0.332 e. The summed E-state index contributed by atoms with van der Waals surface area (Å²) in [7, 11) is 0. The maximum atomic E-state index is 13.0. The average Bonchev–Trinajstić information content (AvgIpc) is 3.47. The summed E-state index contributed by atoms with van der Waals surface area (Å²) < 4.78 is 0. The fraction of sp³-hybridized carbons (Fsp3) is 0.625. The van der Waals surface area contributed by atoms with Crippen LogP contribution in [0, 0.1) is 5.92 Å². The maximum Gasteiger partial charge on any atom is 0.255 e. The van der Waals surface area contributed by atoms with Gasteiger partial charge in [-0.25, -0.2) is 4.98 Å². The van der Waals surface area contributed by atoms with Crippen LogP contribution in [0.25, 0.3) is 0 Å². The van der Waals surface area contributed by atoms with Gasteiger partial charge >= 0.3 is 0 Å². The fourth-order valence-electron chi connectivity index (χ4n) is 5.56. The molecule has 5 rings (SSSR count). The van der Waals surface area contributed by atoms with Gasteiger partial charge in [0, 0.05) is 37.5 Å². The molecule has 2 aromatic rings. The zero-order valence-corrected chi connectivity index (χ0v) is 19.0. The van der Waals surface area contributed by atoms with Crippen molar-refractivity contribution in [3.63, 3.8) is 0 Å². The van der Waals surface area contributed by atoms with Gasteiger partial charge in [0.05, 0.1) is 23.7 Å². The van der Waals surface area contributed by atoms with E-state index in [1.807, 2.05) is 22.4 Å². The zero-order chi connectivity index (χ0) is 21.2. The van der Waals surface area contributed by atoms with Gasteiger partial charge in [0.15, 0.2) is 0 Å². The number of thiophene rings is 1. The van der Waals surface area contributed by atoms with Crippen LogP contribution >= 0.6 is 11.3 Å². The van der Waals surface area contributed by atoms with Crippen LogP contribution in [0.4, 0.5) is 0 Å². The van der Waals surface area contributed by atoms with Crippen molar-refractivity contribution in [2.45, 2.75) is 70.4 Å². The molecular formula is C24H32N4O2S. The smallest absolute Gasteiger partial charge is 0.255 e. The summed E-state index contributed by atoms with van der Waals surface area (Å²) in [5.41, 5.74) is 1.77. The lowest BCUT2D eigenvalue weighted by molar-refractivity contribution is -0.131. The number of carbonyl (C=O) groups excluding carboxylic acids is 1. The Morgan fingerprint density at radius 1 is 1.16 bits per heavy atom. The second-order valence-electron chi connectivity index (χ2n) is 9.37. The first-order valence-electron chi connectivity index (χ1n) is 11.8. The SMILES string of the molecule is O=C(Cc1cccs1)N1CCCC1c1nc2c(c(=O)[nH]1)CN(CC1CCCCC1)CC2. The summed E-state index contributed by atoms with van der Waals surface area (Å²) in [6, 6.07) is 3.88. The molecule has 0 spiro atoms. The number of nitrogens with zero attached hydrogens (tertiary/aromatic N) is 3. The van der Waals surface area contributed by atoms with Crippen molar-refractivity contribution in [3.05, 3.63) is 49.8 Å². The highest BCUT2D eigenvalue weighted by atomic mass is 32.1. The molecule has 1 N–H and O–H groups in total. The summed E-state index contributed by atoms with van der Waals surface area (Å²) >= 11 is 1.61. The summed E-state index contributed by atoms with van der Waals surface area (Å²) in [5.74, 6) is 1.59. The van der Waals surface area contributed by atoms with Crippen LogP contribution in [0.3, 0.4) is 0 Å². The molecule has 4 heterocycles. The highest BCUT2D eigenvalue weighted by molar-refractivity contribution is 7.10. The fourth-order valence-corrected chi connectivity index (χ4v) is 6.26. The van der Waals surface area contributed by atoms with E-state index in [4.69, 9.17) is 4.98 Å². The Kier molecular flexibility index (Phi) is 6.23. The topological polar surface area (TPSA) is 69.3 Å². The van der Waals surface area contributed by atoms with Crippen LogP contribution in [0.1, 0.15) is 72.9 Å². The first-order chi connectivity index (χ1) is 15.2. The Morgan fingerprint density at radius 3 is 2.84 bits per heavy atom. The quantitative estimate of drug-likeness (QED) is 0.770. The lowest BCUT2D eigenvalue weighted by atomic mass is 9.88. The minimum absolute atomic E-state index is 0.00843. The van der Waals surface area contributed by atoms with Crippen molar-refractivity contribution in [2.75, 3.05) is 19.6 Å². The molecule has 1 saturated carbocycles.